The van der Waals surface area contributed by atoms with E-state index in [1.54, 1.807) is 26.0 Å². The smallest absolute Gasteiger partial charge is 0.238 e. The first-order valence-electron chi connectivity index (χ1n) is 10.0. The summed E-state index contributed by atoms with van der Waals surface area (Å²) in [7, 11) is -3.79. The minimum Gasteiger partial charge on any atom is -0.494 e. The van der Waals surface area contributed by atoms with E-state index in [4.69, 9.17) is 4.74 Å². The van der Waals surface area contributed by atoms with Crippen molar-refractivity contribution < 1.29 is 17.9 Å². The zero-order chi connectivity index (χ0) is 22.1. The van der Waals surface area contributed by atoms with Crippen molar-refractivity contribution in [2.75, 3.05) is 6.61 Å². The van der Waals surface area contributed by atoms with Crippen molar-refractivity contribution in [3.05, 3.63) is 71.1 Å². The fourth-order valence-corrected chi connectivity index (χ4v) is 3.99. The molecule has 2 atom stereocenters. The van der Waals surface area contributed by atoms with E-state index in [0.29, 0.717) is 6.61 Å². The summed E-state index contributed by atoms with van der Waals surface area (Å²) >= 11 is 0. The molecule has 0 bridgehead atoms. The molecule has 1 unspecified atom stereocenters. The van der Waals surface area contributed by atoms with Gasteiger partial charge in [0.15, 0.2) is 0 Å². The molecule has 0 heterocycles. The Hall–Kier alpha value is -2.64. The second kappa shape index (κ2) is 10.9. The third kappa shape index (κ3) is 7.31. The van der Waals surface area contributed by atoms with Crippen LogP contribution in [-0.2, 0) is 14.8 Å². The quantitative estimate of drug-likeness (QED) is 0.599. The van der Waals surface area contributed by atoms with Crippen LogP contribution in [0.5, 0.6) is 5.75 Å². The van der Waals surface area contributed by atoms with Crippen LogP contribution in [0.2, 0.25) is 0 Å². The average Bonchev–Trinajstić information content (AvgIpc) is 2.72. The van der Waals surface area contributed by atoms with Gasteiger partial charge in [0.2, 0.25) is 15.9 Å². The normalized spacial score (nSPS) is 13.9. The Balaban J connectivity index is 2.05. The van der Waals surface area contributed by atoms with Crippen LogP contribution in [0.3, 0.4) is 0 Å². The molecular formula is C23H30N2O4S. The fourth-order valence-electron chi connectivity index (χ4n) is 2.85. The molecule has 0 radical (unpaired) electrons. The first-order chi connectivity index (χ1) is 14.2. The highest BCUT2D eigenvalue weighted by molar-refractivity contribution is 7.92. The summed E-state index contributed by atoms with van der Waals surface area (Å²) in [5.41, 5.74) is 1.67. The summed E-state index contributed by atoms with van der Waals surface area (Å²) in [5.74, 6) is 0.165. The standard InChI is InChI=1S/C23H30N2O4S/c1-5-29-21-13-11-20(12-14-21)18(4)24-23(26)22(17(2)3)25-30(27,28)16-15-19-9-7-6-8-10-19/h6-18,22,25H,5H2,1-4H3,(H,24,26)/b16-15+/t18?,22-/m0/s1. The number of hydrogen-bond acceptors (Lipinski definition) is 4. The lowest BCUT2D eigenvalue weighted by Crippen LogP contribution is -2.49. The predicted molar refractivity (Wildman–Crippen MR) is 120 cm³/mol. The summed E-state index contributed by atoms with van der Waals surface area (Å²) in [6.45, 7) is 7.96. The van der Waals surface area contributed by atoms with Gasteiger partial charge in [-0.1, -0.05) is 56.3 Å². The lowest BCUT2D eigenvalue weighted by molar-refractivity contribution is -0.124. The molecule has 2 aromatic carbocycles. The van der Waals surface area contributed by atoms with Crippen molar-refractivity contribution in [2.45, 2.75) is 39.8 Å². The van der Waals surface area contributed by atoms with Gasteiger partial charge in [-0.2, -0.15) is 4.72 Å². The van der Waals surface area contributed by atoms with E-state index in [1.165, 1.54) is 6.08 Å². The van der Waals surface area contributed by atoms with E-state index in [-0.39, 0.29) is 17.9 Å². The van der Waals surface area contributed by atoms with Gasteiger partial charge in [-0.3, -0.25) is 4.79 Å². The second-order valence-corrected chi connectivity index (χ2v) is 8.93. The van der Waals surface area contributed by atoms with E-state index in [2.05, 4.69) is 10.0 Å². The van der Waals surface area contributed by atoms with Crippen LogP contribution in [0, 0.1) is 5.92 Å². The monoisotopic (exact) mass is 430 g/mol. The van der Waals surface area contributed by atoms with Gasteiger partial charge in [-0.25, -0.2) is 8.42 Å². The fraction of sp³-hybridized carbons (Fsp3) is 0.348. The number of benzene rings is 2. The summed E-state index contributed by atoms with van der Waals surface area (Å²) in [6.07, 6.45) is 1.50. The summed E-state index contributed by atoms with van der Waals surface area (Å²) < 4.78 is 32.9. The molecule has 0 fully saturated rings. The van der Waals surface area contributed by atoms with Crippen molar-refractivity contribution in [1.29, 1.82) is 0 Å². The van der Waals surface area contributed by atoms with E-state index in [1.807, 2.05) is 56.3 Å². The van der Waals surface area contributed by atoms with Gasteiger partial charge < -0.3 is 10.1 Å². The highest BCUT2D eigenvalue weighted by Gasteiger charge is 2.27. The molecule has 0 aromatic heterocycles. The molecule has 30 heavy (non-hydrogen) atoms. The molecule has 0 aliphatic rings. The largest absolute Gasteiger partial charge is 0.494 e. The molecule has 7 heteroatoms. The second-order valence-electron chi connectivity index (χ2n) is 7.33. The maximum Gasteiger partial charge on any atom is 0.238 e. The van der Waals surface area contributed by atoms with E-state index >= 15 is 0 Å². The van der Waals surface area contributed by atoms with Gasteiger partial charge >= 0.3 is 0 Å². The lowest BCUT2D eigenvalue weighted by Gasteiger charge is -2.23. The Kier molecular flexibility index (Phi) is 8.62. The lowest BCUT2D eigenvalue weighted by atomic mass is 10.0. The summed E-state index contributed by atoms with van der Waals surface area (Å²) in [6, 6.07) is 15.4. The van der Waals surface area contributed by atoms with Crippen LogP contribution in [0.25, 0.3) is 6.08 Å². The van der Waals surface area contributed by atoms with Gasteiger partial charge in [-0.15, -0.1) is 0 Å². The number of rotatable bonds is 10. The Morgan fingerprint density at radius 2 is 1.67 bits per heavy atom. The first kappa shape index (κ1) is 23.6. The zero-order valence-electron chi connectivity index (χ0n) is 17.8. The van der Waals surface area contributed by atoms with Crippen molar-refractivity contribution in [3.63, 3.8) is 0 Å². The third-order valence-corrected chi connectivity index (χ3v) is 5.61. The average molecular weight is 431 g/mol. The minimum absolute atomic E-state index is 0.225. The highest BCUT2D eigenvalue weighted by atomic mass is 32.2. The maximum absolute atomic E-state index is 12.8. The van der Waals surface area contributed by atoms with Gasteiger partial charge in [0.25, 0.3) is 0 Å². The minimum atomic E-state index is -3.79. The number of nitrogens with one attached hydrogen (secondary N) is 2. The molecule has 2 N–H and O–H groups in total. The zero-order valence-corrected chi connectivity index (χ0v) is 18.6. The molecule has 2 rings (SSSR count). The van der Waals surface area contributed by atoms with Crippen molar-refractivity contribution in [3.8, 4) is 5.75 Å². The Morgan fingerprint density at radius 3 is 2.23 bits per heavy atom. The molecule has 0 saturated heterocycles. The molecule has 1 amide bonds. The maximum atomic E-state index is 12.8. The molecule has 162 valence electrons. The van der Waals surface area contributed by atoms with Crippen LogP contribution in [0.15, 0.2) is 60.0 Å². The Labute approximate surface area is 179 Å². The third-order valence-electron chi connectivity index (χ3n) is 4.53. The van der Waals surface area contributed by atoms with Gasteiger partial charge in [0.05, 0.1) is 12.6 Å². The topological polar surface area (TPSA) is 84.5 Å². The van der Waals surface area contributed by atoms with Crippen molar-refractivity contribution >= 4 is 22.0 Å². The van der Waals surface area contributed by atoms with Crippen LogP contribution in [0.4, 0.5) is 0 Å². The number of carbonyl (C=O) groups excluding carboxylic acids is 1. The Bertz CT molecular complexity index is 939. The van der Waals surface area contributed by atoms with E-state index < -0.39 is 16.1 Å². The SMILES string of the molecule is CCOc1ccc(C(C)NC(=O)[C@@H](NS(=O)(=O)/C=C/c2ccccc2)C(C)C)cc1. The number of ether oxygens (including phenoxy) is 1. The highest BCUT2D eigenvalue weighted by Crippen LogP contribution is 2.18. The number of sulfonamides is 1. The summed E-state index contributed by atoms with van der Waals surface area (Å²) in [5, 5.41) is 3.98. The van der Waals surface area contributed by atoms with Crippen LogP contribution >= 0.6 is 0 Å². The van der Waals surface area contributed by atoms with Crippen LogP contribution in [0.1, 0.15) is 44.9 Å². The molecule has 6 nitrogen and oxygen atoms in total. The molecule has 0 aliphatic carbocycles. The first-order valence-corrected chi connectivity index (χ1v) is 11.5. The van der Waals surface area contributed by atoms with Crippen molar-refractivity contribution in [2.24, 2.45) is 5.92 Å². The Morgan fingerprint density at radius 1 is 1.03 bits per heavy atom. The molecule has 0 saturated carbocycles. The van der Waals surface area contributed by atoms with Gasteiger partial charge in [-0.05, 0) is 49.1 Å². The molecular weight excluding hydrogens is 400 g/mol. The van der Waals surface area contributed by atoms with E-state index in [0.717, 1.165) is 22.3 Å². The van der Waals surface area contributed by atoms with Gasteiger partial charge in [0, 0.05) is 5.41 Å². The molecule has 0 spiro atoms. The summed E-state index contributed by atoms with van der Waals surface area (Å²) in [4.78, 5) is 12.8. The van der Waals surface area contributed by atoms with Gasteiger partial charge in [0.1, 0.15) is 11.8 Å². The van der Waals surface area contributed by atoms with Crippen molar-refractivity contribution in [1.82, 2.24) is 10.0 Å². The van der Waals surface area contributed by atoms with Crippen LogP contribution in [-0.4, -0.2) is 27.0 Å². The number of hydrogen-bond donors (Lipinski definition) is 2. The molecule has 0 aliphatic heterocycles. The van der Waals surface area contributed by atoms with Crippen LogP contribution < -0.4 is 14.8 Å². The number of amides is 1. The van der Waals surface area contributed by atoms with E-state index in [9.17, 15) is 13.2 Å². The molecule has 2 aromatic rings. The number of carbonyl (C=O) groups is 1. The predicted octanol–water partition coefficient (Wildman–Crippen LogP) is 3.88.